The van der Waals surface area contributed by atoms with Gasteiger partial charge in [0.25, 0.3) is 0 Å². The van der Waals surface area contributed by atoms with Gasteiger partial charge in [-0.3, -0.25) is 4.79 Å². The van der Waals surface area contributed by atoms with Crippen molar-refractivity contribution in [1.29, 1.82) is 0 Å². The summed E-state index contributed by atoms with van der Waals surface area (Å²) in [6.45, 7) is 1.97. The molecule has 1 aliphatic rings. The van der Waals surface area contributed by atoms with E-state index in [-0.39, 0.29) is 17.9 Å². The molecule has 3 N–H and O–H groups in total. The molecule has 22 heavy (non-hydrogen) atoms. The maximum atomic E-state index is 12.3. The van der Waals surface area contributed by atoms with E-state index in [4.69, 9.17) is 10.5 Å². The molecule has 2 unspecified atom stereocenters. The van der Waals surface area contributed by atoms with Crippen LogP contribution in [-0.2, 0) is 9.53 Å². The van der Waals surface area contributed by atoms with E-state index in [0.29, 0.717) is 19.8 Å². The van der Waals surface area contributed by atoms with E-state index in [1.807, 2.05) is 32.3 Å². The predicted molar refractivity (Wildman–Crippen MR) is 87.4 cm³/mol. The third-order valence-corrected chi connectivity index (χ3v) is 4.35. The number of hydrogen-bond donors (Lipinski definition) is 2. The van der Waals surface area contributed by atoms with Crippen molar-refractivity contribution in [1.82, 2.24) is 10.2 Å². The number of carbonyl (C=O) groups is 1. The highest BCUT2D eigenvalue weighted by molar-refractivity contribution is 5.81. The molecule has 1 aliphatic heterocycles. The fraction of sp³-hybridized carbons (Fsp3) is 0.588. The molecule has 0 aromatic heterocycles. The number of hydrogen-bond acceptors (Lipinski definition) is 4. The van der Waals surface area contributed by atoms with Gasteiger partial charge in [0.05, 0.1) is 12.1 Å². The van der Waals surface area contributed by atoms with Crippen molar-refractivity contribution < 1.29 is 9.53 Å². The van der Waals surface area contributed by atoms with Crippen LogP contribution in [-0.4, -0.2) is 50.7 Å². The average Bonchev–Trinajstić information content (AvgIpc) is 2.55. The molecule has 1 fully saturated rings. The largest absolute Gasteiger partial charge is 0.381 e. The summed E-state index contributed by atoms with van der Waals surface area (Å²) in [5.74, 6) is 0.165. The minimum atomic E-state index is -0.442. The summed E-state index contributed by atoms with van der Waals surface area (Å²) in [5.41, 5.74) is 7.30. The molecule has 0 aliphatic carbocycles. The summed E-state index contributed by atoms with van der Waals surface area (Å²) in [4.78, 5) is 14.4. The molecular weight excluding hydrogens is 278 g/mol. The van der Waals surface area contributed by atoms with Gasteiger partial charge in [-0.2, -0.15) is 0 Å². The summed E-state index contributed by atoms with van der Waals surface area (Å²) < 4.78 is 5.32. The van der Waals surface area contributed by atoms with Crippen molar-refractivity contribution in [3.8, 4) is 0 Å². The molecule has 1 heterocycles. The lowest BCUT2D eigenvalue weighted by Gasteiger charge is -2.29. The Morgan fingerprint density at radius 3 is 2.55 bits per heavy atom. The van der Waals surface area contributed by atoms with Crippen LogP contribution >= 0.6 is 0 Å². The van der Waals surface area contributed by atoms with Gasteiger partial charge in [0, 0.05) is 19.8 Å². The third-order valence-electron chi connectivity index (χ3n) is 4.35. The number of rotatable bonds is 6. The van der Waals surface area contributed by atoms with Crippen molar-refractivity contribution >= 4 is 5.91 Å². The van der Waals surface area contributed by atoms with E-state index in [0.717, 1.165) is 12.8 Å². The van der Waals surface area contributed by atoms with Crippen LogP contribution in [0.2, 0.25) is 0 Å². The zero-order valence-corrected chi connectivity index (χ0v) is 13.5. The van der Waals surface area contributed by atoms with Crippen LogP contribution in [0.25, 0.3) is 0 Å². The molecule has 5 heteroatoms. The number of carbonyl (C=O) groups excluding carboxylic acids is 1. The summed E-state index contributed by atoms with van der Waals surface area (Å²) in [6.07, 6.45) is 1.73. The van der Waals surface area contributed by atoms with Gasteiger partial charge in [-0.05, 0) is 38.4 Å². The second-order valence-corrected chi connectivity index (χ2v) is 6.11. The summed E-state index contributed by atoms with van der Waals surface area (Å²) in [6, 6.07) is 9.89. The Balaban J connectivity index is 1.90. The molecule has 1 aromatic rings. The number of likely N-dealkylation sites (N-methyl/N-ethyl adjacent to an activating group) is 1. The molecule has 0 spiro atoms. The highest BCUT2D eigenvalue weighted by Crippen LogP contribution is 2.19. The van der Waals surface area contributed by atoms with Crippen LogP contribution in [0, 0.1) is 5.92 Å². The summed E-state index contributed by atoms with van der Waals surface area (Å²) in [5, 5.41) is 3.01. The minimum absolute atomic E-state index is 0.0605. The fourth-order valence-electron chi connectivity index (χ4n) is 2.88. The van der Waals surface area contributed by atoms with Crippen molar-refractivity contribution in [2.75, 3.05) is 33.9 Å². The number of nitrogens with zero attached hydrogens (tertiary/aromatic N) is 1. The molecule has 0 bridgehead atoms. The Kier molecular flexibility index (Phi) is 6.36. The summed E-state index contributed by atoms with van der Waals surface area (Å²) >= 11 is 0. The highest BCUT2D eigenvalue weighted by Gasteiger charge is 2.27. The molecule has 2 rings (SSSR count). The Morgan fingerprint density at radius 2 is 1.95 bits per heavy atom. The number of ether oxygens (including phenoxy) is 1. The van der Waals surface area contributed by atoms with E-state index in [1.165, 1.54) is 5.56 Å². The fourth-order valence-corrected chi connectivity index (χ4v) is 2.88. The molecule has 122 valence electrons. The van der Waals surface area contributed by atoms with Gasteiger partial charge in [0.2, 0.25) is 5.91 Å². The molecular formula is C17H27N3O2. The smallest absolute Gasteiger partial charge is 0.237 e. The maximum Gasteiger partial charge on any atom is 0.237 e. The number of nitrogens with one attached hydrogen (secondary N) is 1. The topological polar surface area (TPSA) is 67.6 Å². The first kappa shape index (κ1) is 16.9. The third kappa shape index (κ3) is 4.53. The molecule has 1 saturated heterocycles. The first-order valence-electron chi connectivity index (χ1n) is 7.92. The van der Waals surface area contributed by atoms with Gasteiger partial charge in [-0.1, -0.05) is 30.3 Å². The van der Waals surface area contributed by atoms with Gasteiger partial charge >= 0.3 is 0 Å². The van der Waals surface area contributed by atoms with E-state index in [2.05, 4.69) is 22.3 Å². The van der Waals surface area contributed by atoms with E-state index < -0.39 is 6.04 Å². The van der Waals surface area contributed by atoms with Crippen LogP contribution in [0.3, 0.4) is 0 Å². The summed E-state index contributed by atoms with van der Waals surface area (Å²) in [7, 11) is 4.03. The lowest BCUT2D eigenvalue weighted by atomic mass is 9.92. The Bertz CT molecular complexity index is 458. The molecule has 2 atom stereocenters. The molecule has 5 nitrogen and oxygen atoms in total. The monoisotopic (exact) mass is 305 g/mol. The lowest BCUT2D eigenvalue weighted by Crippen LogP contribution is -2.48. The second-order valence-electron chi connectivity index (χ2n) is 6.11. The standard InChI is InChI=1S/C17H27N3O2/c1-20(2)15(13-6-4-3-5-7-13)12-19-17(21)16(18)14-8-10-22-11-9-14/h3-7,14-16H,8-12,18H2,1-2H3,(H,19,21). The van der Waals surface area contributed by atoms with Gasteiger partial charge in [-0.15, -0.1) is 0 Å². The zero-order chi connectivity index (χ0) is 15.9. The number of benzene rings is 1. The Morgan fingerprint density at radius 1 is 1.32 bits per heavy atom. The molecule has 0 radical (unpaired) electrons. The first-order valence-corrected chi connectivity index (χ1v) is 7.92. The number of amides is 1. The van der Waals surface area contributed by atoms with Gasteiger partial charge in [-0.25, -0.2) is 0 Å². The number of nitrogens with two attached hydrogens (primary N) is 1. The Labute approximate surface area is 132 Å². The minimum Gasteiger partial charge on any atom is -0.381 e. The molecule has 0 saturated carbocycles. The van der Waals surface area contributed by atoms with Crippen molar-refractivity contribution in [3.05, 3.63) is 35.9 Å². The van der Waals surface area contributed by atoms with Crippen molar-refractivity contribution in [2.45, 2.75) is 24.9 Å². The van der Waals surface area contributed by atoms with Crippen LogP contribution < -0.4 is 11.1 Å². The normalized spacial score (nSPS) is 18.9. The zero-order valence-electron chi connectivity index (χ0n) is 13.5. The predicted octanol–water partition coefficient (Wildman–Crippen LogP) is 1.16. The average molecular weight is 305 g/mol. The van der Waals surface area contributed by atoms with Crippen LogP contribution in [0.4, 0.5) is 0 Å². The first-order chi connectivity index (χ1) is 10.6. The maximum absolute atomic E-state index is 12.3. The van der Waals surface area contributed by atoms with E-state index in [9.17, 15) is 4.79 Å². The van der Waals surface area contributed by atoms with Crippen LogP contribution in [0.15, 0.2) is 30.3 Å². The van der Waals surface area contributed by atoms with E-state index >= 15 is 0 Å². The molecule has 1 aromatic carbocycles. The van der Waals surface area contributed by atoms with Crippen molar-refractivity contribution in [2.24, 2.45) is 11.7 Å². The quantitative estimate of drug-likeness (QED) is 0.827. The van der Waals surface area contributed by atoms with E-state index in [1.54, 1.807) is 0 Å². The van der Waals surface area contributed by atoms with Gasteiger partial charge in [0.15, 0.2) is 0 Å². The highest BCUT2D eigenvalue weighted by atomic mass is 16.5. The molecule has 1 amide bonds. The second kappa shape index (κ2) is 8.27. The lowest BCUT2D eigenvalue weighted by molar-refractivity contribution is -0.124. The van der Waals surface area contributed by atoms with Crippen molar-refractivity contribution in [3.63, 3.8) is 0 Å². The van der Waals surface area contributed by atoms with Gasteiger partial charge < -0.3 is 20.7 Å². The van der Waals surface area contributed by atoms with Crippen LogP contribution in [0.1, 0.15) is 24.4 Å². The van der Waals surface area contributed by atoms with Crippen LogP contribution in [0.5, 0.6) is 0 Å². The Hall–Kier alpha value is -1.43. The van der Waals surface area contributed by atoms with Gasteiger partial charge in [0.1, 0.15) is 0 Å². The SMILES string of the molecule is CN(C)C(CNC(=O)C(N)C1CCOCC1)c1ccccc1.